The van der Waals surface area contributed by atoms with Gasteiger partial charge in [0.1, 0.15) is 0 Å². The van der Waals surface area contributed by atoms with Gasteiger partial charge in [0.2, 0.25) is 0 Å². The van der Waals surface area contributed by atoms with Crippen LogP contribution in [0.3, 0.4) is 0 Å². The number of rotatable bonds is 4. The average molecular weight is 265 g/mol. The molecule has 0 spiro atoms. The van der Waals surface area contributed by atoms with Crippen LogP contribution in [-0.4, -0.2) is 30.6 Å². The Morgan fingerprint density at radius 1 is 1.39 bits per heavy atom. The lowest BCUT2D eigenvalue weighted by Crippen LogP contribution is -2.32. The van der Waals surface area contributed by atoms with Gasteiger partial charge in [0.05, 0.1) is 12.7 Å². The predicted octanol–water partition coefficient (Wildman–Crippen LogP) is 2.46. The molecule has 18 heavy (non-hydrogen) atoms. The molecule has 1 saturated heterocycles. The molecule has 2 rings (SSSR count). The van der Waals surface area contributed by atoms with E-state index in [4.69, 9.17) is 4.74 Å². The lowest BCUT2D eigenvalue weighted by atomic mass is 10.1. The number of carbonyl (C=O) groups is 1. The minimum absolute atomic E-state index is 0.258. The van der Waals surface area contributed by atoms with Gasteiger partial charge in [-0.15, -0.1) is 0 Å². The SMILES string of the molecule is COC(=O)c1ccccc1CNC1CCSCC1. The second kappa shape index (κ2) is 6.81. The molecule has 98 valence electrons. The Morgan fingerprint density at radius 2 is 2.11 bits per heavy atom. The number of hydrogen-bond acceptors (Lipinski definition) is 4. The molecular formula is C14H19NO2S. The minimum atomic E-state index is -0.258. The molecule has 1 fully saturated rings. The number of nitrogens with one attached hydrogen (secondary N) is 1. The van der Waals surface area contributed by atoms with Gasteiger partial charge in [-0.1, -0.05) is 18.2 Å². The summed E-state index contributed by atoms with van der Waals surface area (Å²) >= 11 is 2.02. The number of carbonyl (C=O) groups excluding carboxylic acids is 1. The highest BCUT2D eigenvalue weighted by atomic mass is 32.2. The largest absolute Gasteiger partial charge is 0.465 e. The van der Waals surface area contributed by atoms with Gasteiger partial charge in [-0.05, 0) is 36.0 Å². The summed E-state index contributed by atoms with van der Waals surface area (Å²) < 4.78 is 4.80. The van der Waals surface area contributed by atoms with Crippen LogP contribution in [0, 0.1) is 0 Å². The third-order valence-corrected chi connectivity index (χ3v) is 4.27. The number of esters is 1. The van der Waals surface area contributed by atoms with Crippen molar-refractivity contribution in [3.8, 4) is 0 Å². The van der Waals surface area contributed by atoms with Gasteiger partial charge in [0.25, 0.3) is 0 Å². The molecule has 1 heterocycles. The highest BCUT2D eigenvalue weighted by molar-refractivity contribution is 7.99. The van der Waals surface area contributed by atoms with Gasteiger partial charge in [-0.2, -0.15) is 11.8 Å². The summed E-state index contributed by atoms with van der Waals surface area (Å²) in [7, 11) is 1.42. The van der Waals surface area contributed by atoms with E-state index in [0.29, 0.717) is 11.6 Å². The lowest BCUT2D eigenvalue weighted by Gasteiger charge is -2.23. The number of ether oxygens (including phenoxy) is 1. The van der Waals surface area contributed by atoms with Gasteiger partial charge >= 0.3 is 5.97 Å². The minimum Gasteiger partial charge on any atom is -0.465 e. The van der Waals surface area contributed by atoms with Crippen LogP contribution in [-0.2, 0) is 11.3 Å². The van der Waals surface area contributed by atoms with Gasteiger partial charge in [-0.25, -0.2) is 4.79 Å². The van der Waals surface area contributed by atoms with Gasteiger partial charge in [0.15, 0.2) is 0 Å². The third kappa shape index (κ3) is 3.50. The molecule has 3 nitrogen and oxygen atoms in total. The van der Waals surface area contributed by atoms with Crippen LogP contribution in [0.4, 0.5) is 0 Å². The fourth-order valence-corrected chi connectivity index (χ4v) is 3.25. The molecule has 0 aromatic heterocycles. The van der Waals surface area contributed by atoms with Crippen molar-refractivity contribution in [3.05, 3.63) is 35.4 Å². The maximum Gasteiger partial charge on any atom is 0.338 e. The van der Waals surface area contributed by atoms with Crippen LogP contribution in [0.1, 0.15) is 28.8 Å². The molecule has 1 N–H and O–H groups in total. The van der Waals surface area contributed by atoms with Gasteiger partial charge in [-0.3, -0.25) is 0 Å². The molecule has 0 amide bonds. The Kier molecular flexibility index (Phi) is 5.08. The fourth-order valence-electron chi connectivity index (χ4n) is 2.14. The van der Waals surface area contributed by atoms with Crippen LogP contribution in [0.15, 0.2) is 24.3 Å². The Labute approximate surface area is 112 Å². The molecule has 4 heteroatoms. The van der Waals surface area contributed by atoms with Crippen molar-refractivity contribution < 1.29 is 9.53 Å². The molecule has 0 bridgehead atoms. The van der Waals surface area contributed by atoms with E-state index in [1.165, 1.54) is 31.5 Å². The van der Waals surface area contributed by atoms with Crippen molar-refractivity contribution in [2.24, 2.45) is 0 Å². The average Bonchev–Trinajstić information content (AvgIpc) is 2.45. The summed E-state index contributed by atoms with van der Waals surface area (Å²) in [5.41, 5.74) is 1.68. The molecule has 0 radical (unpaired) electrons. The molecule has 1 aliphatic rings. The second-order valence-corrected chi connectivity index (χ2v) is 5.64. The van der Waals surface area contributed by atoms with Crippen molar-refractivity contribution >= 4 is 17.7 Å². The van der Waals surface area contributed by atoms with E-state index >= 15 is 0 Å². The topological polar surface area (TPSA) is 38.3 Å². The molecule has 1 aliphatic heterocycles. The maximum atomic E-state index is 11.6. The molecule has 0 atom stereocenters. The lowest BCUT2D eigenvalue weighted by molar-refractivity contribution is 0.0599. The highest BCUT2D eigenvalue weighted by Gasteiger charge is 2.15. The van der Waals surface area contributed by atoms with Crippen molar-refractivity contribution in [2.75, 3.05) is 18.6 Å². The zero-order chi connectivity index (χ0) is 12.8. The number of thioether (sulfide) groups is 1. The Bertz CT molecular complexity index is 403. The van der Waals surface area contributed by atoms with Crippen molar-refractivity contribution in [1.29, 1.82) is 0 Å². The smallest absolute Gasteiger partial charge is 0.338 e. The molecule has 1 aromatic carbocycles. The summed E-state index contributed by atoms with van der Waals surface area (Å²) in [6.45, 7) is 0.737. The first-order chi connectivity index (χ1) is 8.81. The summed E-state index contributed by atoms with van der Waals surface area (Å²) in [5.74, 6) is 2.21. The van der Waals surface area contributed by atoms with Crippen LogP contribution in [0.5, 0.6) is 0 Å². The van der Waals surface area contributed by atoms with Gasteiger partial charge < -0.3 is 10.1 Å². The molecule has 0 unspecified atom stereocenters. The molecule has 1 aromatic rings. The van der Waals surface area contributed by atoms with Crippen molar-refractivity contribution in [3.63, 3.8) is 0 Å². The zero-order valence-electron chi connectivity index (χ0n) is 10.6. The van der Waals surface area contributed by atoms with E-state index in [1.54, 1.807) is 0 Å². The normalized spacial score (nSPS) is 16.5. The summed E-state index contributed by atoms with van der Waals surface area (Å²) in [4.78, 5) is 11.6. The van der Waals surface area contributed by atoms with Crippen LogP contribution in [0.2, 0.25) is 0 Å². The standard InChI is InChI=1S/C14H19NO2S/c1-17-14(16)13-5-3-2-4-11(13)10-15-12-6-8-18-9-7-12/h2-5,12,15H,6-10H2,1H3. The van der Waals surface area contributed by atoms with E-state index in [0.717, 1.165) is 12.1 Å². The van der Waals surface area contributed by atoms with Crippen LogP contribution in [0.25, 0.3) is 0 Å². The Balaban J connectivity index is 1.97. The highest BCUT2D eigenvalue weighted by Crippen LogP contribution is 2.18. The quantitative estimate of drug-likeness (QED) is 0.849. The maximum absolute atomic E-state index is 11.6. The monoisotopic (exact) mass is 265 g/mol. The number of benzene rings is 1. The Hall–Kier alpha value is -1.00. The molecular weight excluding hydrogens is 246 g/mol. The first kappa shape index (κ1) is 13.4. The van der Waals surface area contributed by atoms with E-state index in [1.807, 2.05) is 36.0 Å². The van der Waals surface area contributed by atoms with Crippen molar-refractivity contribution in [2.45, 2.75) is 25.4 Å². The predicted molar refractivity (Wildman–Crippen MR) is 75.0 cm³/mol. The zero-order valence-corrected chi connectivity index (χ0v) is 11.5. The first-order valence-corrected chi connectivity index (χ1v) is 7.44. The molecule has 0 saturated carbocycles. The van der Waals surface area contributed by atoms with E-state index in [-0.39, 0.29) is 5.97 Å². The second-order valence-electron chi connectivity index (χ2n) is 4.42. The van der Waals surface area contributed by atoms with E-state index < -0.39 is 0 Å². The fraction of sp³-hybridized carbons (Fsp3) is 0.500. The number of methoxy groups -OCH3 is 1. The summed E-state index contributed by atoms with van der Waals surface area (Å²) in [6.07, 6.45) is 2.43. The van der Waals surface area contributed by atoms with Gasteiger partial charge in [0, 0.05) is 12.6 Å². The summed E-state index contributed by atoms with van der Waals surface area (Å²) in [6, 6.07) is 8.21. The number of hydrogen-bond donors (Lipinski definition) is 1. The van der Waals surface area contributed by atoms with Crippen LogP contribution >= 0.6 is 11.8 Å². The summed E-state index contributed by atoms with van der Waals surface area (Å²) in [5, 5.41) is 3.54. The first-order valence-electron chi connectivity index (χ1n) is 6.28. The van der Waals surface area contributed by atoms with E-state index in [2.05, 4.69) is 5.32 Å². The molecule has 0 aliphatic carbocycles. The van der Waals surface area contributed by atoms with Crippen LogP contribution < -0.4 is 5.32 Å². The van der Waals surface area contributed by atoms with Crippen molar-refractivity contribution in [1.82, 2.24) is 5.32 Å². The van der Waals surface area contributed by atoms with E-state index in [9.17, 15) is 4.79 Å². The Morgan fingerprint density at radius 3 is 2.83 bits per heavy atom. The third-order valence-electron chi connectivity index (χ3n) is 3.23.